The summed E-state index contributed by atoms with van der Waals surface area (Å²) in [6.45, 7) is 1.64. The fourth-order valence-corrected chi connectivity index (χ4v) is 5.40. The minimum Gasteiger partial charge on any atom is -0.391 e. The first-order valence-electron chi connectivity index (χ1n) is 6.10. The van der Waals surface area contributed by atoms with E-state index >= 15 is 0 Å². The molecule has 1 aliphatic rings. The summed E-state index contributed by atoms with van der Waals surface area (Å²) in [4.78, 5) is 0.738. The van der Waals surface area contributed by atoms with E-state index in [0.717, 1.165) is 17.5 Å². The highest BCUT2D eigenvalue weighted by atomic mass is 32.2. The predicted octanol–water partition coefficient (Wildman–Crippen LogP) is 2.22. The van der Waals surface area contributed by atoms with Crippen molar-refractivity contribution < 1.29 is 13.5 Å². The molecule has 1 saturated carbocycles. The molecule has 1 fully saturated rings. The Morgan fingerprint density at radius 2 is 2.05 bits per heavy atom. The highest BCUT2D eigenvalue weighted by Crippen LogP contribution is 2.39. The largest absolute Gasteiger partial charge is 0.391 e. The Morgan fingerprint density at radius 3 is 2.68 bits per heavy atom. The van der Waals surface area contributed by atoms with E-state index in [1.165, 1.54) is 11.3 Å². The van der Waals surface area contributed by atoms with Gasteiger partial charge in [-0.25, -0.2) is 13.1 Å². The second-order valence-corrected chi connectivity index (χ2v) is 7.93. The lowest BCUT2D eigenvalue weighted by Crippen LogP contribution is -2.34. The number of sulfonamides is 1. The molecule has 19 heavy (non-hydrogen) atoms. The van der Waals surface area contributed by atoms with E-state index in [4.69, 9.17) is 0 Å². The summed E-state index contributed by atoms with van der Waals surface area (Å²) in [6, 6.07) is 7.34. The number of hydrogen-bond acceptors (Lipinski definition) is 4. The monoisotopic (exact) mass is 297 g/mol. The van der Waals surface area contributed by atoms with Crippen LogP contribution >= 0.6 is 11.3 Å². The molecular weight excluding hydrogens is 282 g/mol. The van der Waals surface area contributed by atoms with Crippen LogP contribution in [0.15, 0.2) is 29.2 Å². The third kappa shape index (κ3) is 2.29. The number of aliphatic hydroxyl groups is 1. The van der Waals surface area contributed by atoms with E-state index < -0.39 is 10.0 Å². The Bertz CT molecular complexity index is 729. The maximum atomic E-state index is 12.5. The van der Waals surface area contributed by atoms with Crippen LogP contribution in [0.25, 0.3) is 10.1 Å². The zero-order valence-corrected chi connectivity index (χ0v) is 12.1. The van der Waals surface area contributed by atoms with Crippen molar-refractivity contribution in [2.75, 3.05) is 0 Å². The van der Waals surface area contributed by atoms with Crippen molar-refractivity contribution in [2.45, 2.75) is 36.8 Å². The molecule has 1 aromatic heterocycles. The van der Waals surface area contributed by atoms with Gasteiger partial charge in [0.15, 0.2) is 0 Å². The lowest BCUT2D eigenvalue weighted by atomic mass is 10.2. The SMILES string of the molecule is CC1(NS(=O)(=O)c2c(CO)sc3ccccc23)CC1. The van der Waals surface area contributed by atoms with Crippen LogP contribution in [0.5, 0.6) is 0 Å². The molecule has 4 nitrogen and oxygen atoms in total. The molecule has 0 aliphatic heterocycles. The number of hydrogen-bond donors (Lipinski definition) is 2. The van der Waals surface area contributed by atoms with Gasteiger partial charge in [-0.15, -0.1) is 11.3 Å². The van der Waals surface area contributed by atoms with E-state index in [-0.39, 0.29) is 17.0 Å². The molecule has 1 aliphatic carbocycles. The van der Waals surface area contributed by atoms with E-state index in [1.807, 2.05) is 25.1 Å². The summed E-state index contributed by atoms with van der Waals surface area (Å²) < 4.78 is 28.7. The first-order chi connectivity index (χ1) is 8.95. The van der Waals surface area contributed by atoms with Crippen LogP contribution in [0.2, 0.25) is 0 Å². The molecular formula is C13H15NO3S2. The molecule has 0 saturated heterocycles. The lowest BCUT2D eigenvalue weighted by Gasteiger charge is -2.12. The Kier molecular flexibility index (Phi) is 2.94. The van der Waals surface area contributed by atoms with Crippen molar-refractivity contribution in [3.63, 3.8) is 0 Å². The van der Waals surface area contributed by atoms with Gasteiger partial charge in [0.1, 0.15) is 4.90 Å². The highest BCUT2D eigenvalue weighted by molar-refractivity contribution is 7.90. The van der Waals surface area contributed by atoms with Gasteiger partial charge in [-0.1, -0.05) is 18.2 Å². The number of fused-ring (bicyclic) bond motifs is 1. The molecule has 1 aromatic carbocycles. The molecule has 0 atom stereocenters. The Hall–Kier alpha value is -0.950. The summed E-state index contributed by atoms with van der Waals surface area (Å²) in [6.07, 6.45) is 1.73. The quantitative estimate of drug-likeness (QED) is 0.909. The maximum absolute atomic E-state index is 12.5. The maximum Gasteiger partial charge on any atom is 0.242 e. The zero-order valence-electron chi connectivity index (χ0n) is 10.5. The van der Waals surface area contributed by atoms with Crippen LogP contribution in [0, 0.1) is 0 Å². The molecule has 0 bridgehead atoms. The molecule has 2 aromatic rings. The molecule has 1 heterocycles. The Labute approximate surface area is 116 Å². The van der Waals surface area contributed by atoms with Crippen molar-refractivity contribution in [1.82, 2.24) is 4.72 Å². The minimum absolute atomic E-state index is 0.240. The van der Waals surface area contributed by atoms with Gasteiger partial charge in [0.25, 0.3) is 0 Å². The number of aliphatic hydroxyl groups excluding tert-OH is 1. The van der Waals surface area contributed by atoms with E-state index in [9.17, 15) is 13.5 Å². The standard InChI is InChI=1S/C13H15NO3S2/c1-13(6-7-13)14-19(16,17)12-9-4-2-3-5-10(9)18-11(12)8-15/h2-5,14-15H,6-8H2,1H3. The smallest absolute Gasteiger partial charge is 0.242 e. The minimum atomic E-state index is -3.58. The number of thiophene rings is 1. The molecule has 0 unspecified atom stereocenters. The summed E-state index contributed by atoms with van der Waals surface area (Å²) in [5.41, 5.74) is -0.311. The molecule has 2 N–H and O–H groups in total. The predicted molar refractivity (Wildman–Crippen MR) is 75.7 cm³/mol. The van der Waals surface area contributed by atoms with Crippen LogP contribution in [-0.4, -0.2) is 19.1 Å². The Morgan fingerprint density at radius 1 is 1.37 bits per heavy atom. The molecule has 102 valence electrons. The fraction of sp³-hybridized carbons (Fsp3) is 0.385. The number of benzene rings is 1. The molecule has 3 rings (SSSR count). The van der Waals surface area contributed by atoms with Gasteiger partial charge in [-0.05, 0) is 25.8 Å². The van der Waals surface area contributed by atoms with Crippen molar-refractivity contribution in [3.8, 4) is 0 Å². The average molecular weight is 297 g/mol. The molecule has 0 radical (unpaired) electrons. The van der Waals surface area contributed by atoms with Crippen LogP contribution in [0.1, 0.15) is 24.6 Å². The second-order valence-electron chi connectivity index (χ2n) is 5.17. The van der Waals surface area contributed by atoms with Crippen LogP contribution in [0.3, 0.4) is 0 Å². The van der Waals surface area contributed by atoms with Crippen molar-refractivity contribution in [3.05, 3.63) is 29.1 Å². The summed E-state index contributed by atoms with van der Waals surface area (Å²) >= 11 is 1.33. The second kappa shape index (κ2) is 4.28. The number of rotatable bonds is 4. The first kappa shape index (κ1) is 13.1. The van der Waals surface area contributed by atoms with E-state index in [1.54, 1.807) is 6.07 Å². The zero-order chi connectivity index (χ0) is 13.7. The summed E-state index contributed by atoms with van der Waals surface area (Å²) in [5.74, 6) is 0. The van der Waals surface area contributed by atoms with Crippen LogP contribution in [0.4, 0.5) is 0 Å². The molecule has 6 heteroatoms. The van der Waals surface area contributed by atoms with Gasteiger partial charge in [0.05, 0.1) is 11.5 Å². The third-order valence-electron chi connectivity index (χ3n) is 3.41. The lowest BCUT2D eigenvalue weighted by molar-refractivity contribution is 0.282. The van der Waals surface area contributed by atoms with Gasteiger partial charge in [-0.3, -0.25) is 0 Å². The van der Waals surface area contributed by atoms with Crippen molar-refractivity contribution in [2.24, 2.45) is 0 Å². The van der Waals surface area contributed by atoms with Gasteiger partial charge in [-0.2, -0.15) is 0 Å². The van der Waals surface area contributed by atoms with Crippen LogP contribution in [-0.2, 0) is 16.6 Å². The van der Waals surface area contributed by atoms with Gasteiger partial charge < -0.3 is 5.11 Å². The third-order valence-corrected chi connectivity index (χ3v) is 6.46. The van der Waals surface area contributed by atoms with E-state index in [2.05, 4.69) is 4.72 Å². The van der Waals surface area contributed by atoms with E-state index in [0.29, 0.717) is 10.3 Å². The van der Waals surface area contributed by atoms with Gasteiger partial charge in [0.2, 0.25) is 10.0 Å². The molecule has 0 spiro atoms. The number of nitrogens with one attached hydrogen (secondary N) is 1. The Balaban J connectivity index is 2.17. The van der Waals surface area contributed by atoms with Crippen molar-refractivity contribution in [1.29, 1.82) is 0 Å². The van der Waals surface area contributed by atoms with Crippen LogP contribution < -0.4 is 4.72 Å². The van der Waals surface area contributed by atoms with Gasteiger partial charge in [0, 0.05) is 15.6 Å². The highest BCUT2D eigenvalue weighted by Gasteiger charge is 2.42. The topological polar surface area (TPSA) is 66.4 Å². The summed E-state index contributed by atoms with van der Waals surface area (Å²) in [7, 11) is -3.58. The first-order valence-corrected chi connectivity index (χ1v) is 8.40. The van der Waals surface area contributed by atoms with Gasteiger partial charge >= 0.3 is 0 Å². The average Bonchev–Trinajstić information content (AvgIpc) is 2.94. The summed E-state index contributed by atoms with van der Waals surface area (Å²) in [5, 5.41) is 10.1. The van der Waals surface area contributed by atoms with Crippen molar-refractivity contribution >= 4 is 31.4 Å². The fourth-order valence-electron chi connectivity index (χ4n) is 2.14. The molecule has 0 amide bonds. The normalized spacial score (nSPS) is 17.8.